The number of carboxylic acids is 1. The van der Waals surface area contributed by atoms with E-state index in [0.29, 0.717) is 38.2 Å². The topological polar surface area (TPSA) is 91.1 Å². The van der Waals surface area contributed by atoms with E-state index < -0.39 is 16.0 Å². The van der Waals surface area contributed by atoms with E-state index in [1.807, 2.05) is 24.1 Å². The Labute approximate surface area is 140 Å². The lowest BCUT2D eigenvalue weighted by Crippen LogP contribution is -2.34. The molecule has 1 aromatic carbocycles. The molecule has 2 aromatic rings. The first-order valence-corrected chi connectivity index (χ1v) is 9.38. The molecule has 1 saturated heterocycles. The Kier molecular flexibility index (Phi) is 4.62. The van der Waals surface area contributed by atoms with Crippen LogP contribution in [-0.2, 0) is 16.6 Å². The standard InChI is InChI=1S/C16H20N2O5S/c1-17(6-7-18-5-2-8-24(18,21)22)11-12-3-4-14-13(9-12)10-15(23-14)16(19)20/h3-4,9-10H,2,5-8,11H2,1H3,(H,19,20). The van der Waals surface area contributed by atoms with E-state index in [-0.39, 0.29) is 11.5 Å². The number of benzene rings is 1. The summed E-state index contributed by atoms with van der Waals surface area (Å²) in [6.07, 6.45) is 0.703. The number of hydrogen-bond donors (Lipinski definition) is 1. The van der Waals surface area contributed by atoms with Crippen molar-refractivity contribution in [2.75, 3.05) is 32.4 Å². The molecule has 1 aromatic heterocycles. The van der Waals surface area contributed by atoms with Crippen molar-refractivity contribution in [2.24, 2.45) is 0 Å². The summed E-state index contributed by atoms with van der Waals surface area (Å²) in [7, 11) is -1.12. The van der Waals surface area contributed by atoms with Crippen molar-refractivity contribution in [1.82, 2.24) is 9.21 Å². The Morgan fingerprint density at radius 3 is 2.83 bits per heavy atom. The van der Waals surface area contributed by atoms with Gasteiger partial charge in [-0.15, -0.1) is 0 Å². The number of rotatable bonds is 6. The second kappa shape index (κ2) is 6.54. The molecule has 0 spiro atoms. The Bertz CT molecular complexity index is 858. The number of sulfonamides is 1. The average molecular weight is 352 g/mol. The van der Waals surface area contributed by atoms with Gasteiger partial charge in [0.05, 0.1) is 5.75 Å². The van der Waals surface area contributed by atoms with Crippen LogP contribution in [0.1, 0.15) is 22.5 Å². The monoisotopic (exact) mass is 352 g/mol. The zero-order valence-electron chi connectivity index (χ0n) is 13.4. The third kappa shape index (κ3) is 3.61. The molecule has 0 radical (unpaired) electrons. The molecule has 2 heterocycles. The summed E-state index contributed by atoms with van der Waals surface area (Å²) in [5.74, 6) is -0.911. The minimum atomic E-state index is -3.05. The van der Waals surface area contributed by atoms with E-state index in [9.17, 15) is 13.2 Å². The fraction of sp³-hybridized carbons (Fsp3) is 0.438. The van der Waals surface area contributed by atoms with E-state index >= 15 is 0 Å². The van der Waals surface area contributed by atoms with Gasteiger partial charge in [-0.25, -0.2) is 17.5 Å². The van der Waals surface area contributed by atoms with Gasteiger partial charge in [-0.3, -0.25) is 0 Å². The molecule has 1 aliphatic heterocycles. The minimum absolute atomic E-state index is 0.0743. The Morgan fingerprint density at radius 1 is 1.38 bits per heavy atom. The maximum absolute atomic E-state index is 11.8. The largest absolute Gasteiger partial charge is 0.475 e. The smallest absolute Gasteiger partial charge is 0.371 e. The molecule has 1 fully saturated rings. The number of carboxylic acid groups (broad SMARTS) is 1. The predicted molar refractivity (Wildman–Crippen MR) is 89.5 cm³/mol. The predicted octanol–water partition coefficient (Wildman–Crippen LogP) is 1.60. The second-order valence-electron chi connectivity index (χ2n) is 6.09. The van der Waals surface area contributed by atoms with E-state index in [0.717, 1.165) is 10.9 Å². The number of fused-ring (bicyclic) bond motifs is 1. The summed E-state index contributed by atoms with van der Waals surface area (Å²) in [6.45, 7) is 2.39. The van der Waals surface area contributed by atoms with Crippen molar-refractivity contribution in [1.29, 1.82) is 0 Å². The number of furan rings is 1. The van der Waals surface area contributed by atoms with E-state index in [4.69, 9.17) is 9.52 Å². The fourth-order valence-electron chi connectivity index (χ4n) is 2.91. The van der Waals surface area contributed by atoms with Gasteiger partial charge in [0.2, 0.25) is 15.8 Å². The van der Waals surface area contributed by atoms with Crippen LogP contribution in [0.2, 0.25) is 0 Å². The molecular formula is C16H20N2O5S. The molecule has 1 aliphatic rings. The molecule has 0 amide bonds. The van der Waals surface area contributed by atoms with Gasteiger partial charge in [0.1, 0.15) is 5.58 Å². The van der Waals surface area contributed by atoms with Gasteiger partial charge in [0.15, 0.2) is 0 Å². The highest BCUT2D eigenvalue weighted by atomic mass is 32.2. The zero-order valence-corrected chi connectivity index (χ0v) is 14.3. The number of carbonyl (C=O) groups is 1. The average Bonchev–Trinajstić information content (AvgIpc) is 3.07. The molecule has 0 bridgehead atoms. The van der Waals surface area contributed by atoms with Crippen molar-refractivity contribution < 1.29 is 22.7 Å². The van der Waals surface area contributed by atoms with Crippen LogP contribution in [-0.4, -0.2) is 61.1 Å². The first-order valence-electron chi connectivity index (χ1n) is 7.77. The number of likely N-dealkylation sites (N-methyl/N-ethyl adjacent to an activating group) is 1. The fourth-order valence-corrected chi connectivity index (χ4v) is 4.43. The highest BCUT2D eigenvalue weighted by Crippen LogP contribution is 2.21. The number of nitrogens with zero attached hydrogens (tertiary/aromatic N) is 2. The molecular weight excluding hydrogens is 332 g/mol. The molecule has 7 nitrogen and oxygen atoms in total. The van der Waals surface area contributed by atoms with Gasteiger partial charge in [-0.1, -0.05) is 6.07 Å². The maximum atomic E-state index is 11.8. The van der Waals surface area contributed by atoms with Gasteiger partial charge in [0.25, 0.3) is 0 Å². The molecule has 24 heavy (non-hydrogen) atoms. The molecule has 3 rings (SSSR count). The summed E-state index contributed by atoms with van der Waals surface area (Å²) < 4.78 is 30.4. The molecule has 0 atom stereocenters. The summed E-state index contributed by atoms with van der Waals surface area (Å²) in [6, 6.07) is 7.06. The molecule has 130 valence electrons. The highest BCUT2D eigenvalue weighted by molar-refractivity contribution is 7.89. The molecule has 0 aliphatic carbocycles. The van der Waals surface area contributed by atoms with Crippen LogP contribution in [0.25, 0.3) is 11.0 Å². The highest BCUT2D eigenvalue weighted by Gasteiger charge is 2.27. The normalized spacial score (nSPS) is 17.8. The van der Waals surface area contributed by atoms with Crippen LogP contribution < -0.4 is 0 Å². The Morgan fingerprint density at radius 2 is 2.17 bits per heavy atom. The van der Waals surface area contributed by atoms with Crippen LogP contribution in [0.5, 0.6) is 0 Å². The molecule has 0 saturated carbocycles. The van der Waals surface area contributed by atoms with Crippen molar-refractivity contribution in [3.05, 3.63) is 35.6 Å². The minimum Gasteiger partial charge on any atom is -0.475 e. The van der Waals surface area contributed by atoms with Gasteiger partial charge in [0, 0.05) is 31.6 Å². The summed E-state index contributed by atoms with van der Waals surface area (Å²) in [4.78, 5) is 13.0. The third-order valence-electron chi connectivity index (χ3n) is 4.18. The van der Waals surface area contributed by atoms with E-state index in [1.54, 1.807) is 10.4 Å². The number of aromatic carboxylic acids is 1. The van der Waals surface area contributed by atoms with Crippen LogP contribution in [0.3, 0.4) is 0 Å². The Balaban J connectivity index is 1.62. The van der Waals surface area contributed by atoms with Gasteiger partial charge in [-0.05, 0) is 37.2 Å². The Hall–Kier alpha value is -1.90. The quantitative estimate of drug-likeness (QED) is 0.849. The molecule has 8 heteroatoms. The van der Waals surface area contributed by atoms with Crippen molar-refractivity contribution in [2.45, 2.75) is 13.0 Å². The van der Waals surface area contributed by atoms with E-state index in [2.05, 4.69) is 0 Å². The third-order valence-corrected chi connectivity index (χ3v) is 6.13. The molecule has 0 unspecified atom stereocenters. The van der Waals surface area contributed by atoms with Gasteiger partial charge >= 0.3 is 5.97 Å². The molecule has 1 N–H and O–H groups in total. The lowest BCUT2D eigenvalue weighted by atomic mass is 10.1. The lowest BCUT2D eigenvalue weighted by molar-refractivity contribution is 0.0665. The van der Waals surface area contributed by atoms with Crippen LogP contribution in [0.4, 0.5) is 0 Å². The summed E-state index contributed by atoms with van der Waals surface area (Å²) in [5, 5.41) is 9.71. The number of hydrogen-bond acceptors (Lipinski definition) is 5. The SMILES string of the molecule is CN(CCN1CCCS1(=O)=O)Cc1ccc2oc(C(=O)O)cc2c1. The van der Waals surface area contributed by atoms with Crippen molar-refractivity contribution in [3.8, 4) is 0 Å². The van der Waals surface area contributed by atoms with E-state index in [1.165, 1.54) is 6.07 Å². The van der Waals surface area contributed by atoms with Crippen LogP contribution in [0, 0.1) is 0 Å². The summed E-state index contributed by atoms with van der Waals surface area (Å²) >= 11 is 0. The van der Waals surface area contributed by atoms with Gasteiger partial charge in [-0.2, -0.15) is 0 Å². The maximum Gasteiger partial charge on any atom is 0.371 e. The van der Waals surface area contributed by atoms with Gasteiger partial charge < -0.3 is 14.4 Å². The van der Waals surface area contributed by atoms with Crippen LogP contribution >= 0.6 is 0 Å². The van der Waals surface area contributed by atoms with Crippen molar-refractivity contribution in [3.63, 3.8) is 0 Å². The first kappa shape index (κ1) is 16.9. The zero-order chi connectivity index (χ0) is 17.3. The second-order valence-corrected chi connectivity index (χ2v) is 8.18. The lowest BCUT2D eigenvalue weighted by Gasteiger charge is -2.20. The summed E-state index contributed by atoms with van der Waals surface area (Å²) in [5.41, 5.74) is 1.56. The van der Waals surface area contributed by atoms with Crippen LogP contribution in [0.15, 0.2) is 28.7 Å². The van der Waals surface area contributed by atoms with Crippen molar-refractivity contribution >= 4 is 27.0 Å². The first-order chi connectivity index (χ1) is 11.3.